The Labute approximate surface area is 184 Å². The number of carbonyl (C=O) groups is 2. The van der Waals surface area contributed by atoms with Crippen molar-refractivity contribution in [2.24, 2.45) is 0 Å². The number of fused-ring (bicyclic) bond motifs is 1. The SMILES string of the molecule is COC(=O)C(NC(=O)c1c(C)c(-c2ccccc2)nc2ccccc12)c1cc[nH]c(=O)c1. The molecule has 0 bridgehead atoms. The maximum Gasteiger partial charge on any atom is 0.333 e. The lowest BCUT2D eigenvalue weighted by Gasteiger charge is -2.19. The van der Waals surface area contributed by atoms with E-state index in [0.717, 1.165) is 5.56 Å². The molecule has 1 amide bonds. The fraction of sp³-hybridized carbons (Fsp3) is 0.120. The highest BCUT2D eigenvalue weighted by Gasteiger charge is 2.27. The van der Waals surface area contributed by atoms with E-state index in [9.17, 15) is 14.4 Å². The van der Waals surface area contributed by atoms with Gasteiger partial charge < -0.3 is 15.0 Å². The van der Waals surface area contributed by atoms with Crippen LogP contribution in [0.15, 0.2) is 77.7 Å². The van der Waals surface area contributed by atoms with Crippen LogP contribution >= 0.6 is 0 Å². The minimum absolute atomic E-state index is 0.327. The van der Waals surface area contributed by atoms with E-state index in [-0.39, 0.29) is 5.56 Å². The van der Waals surface area contributed by atoms with Gasteiger partial charge in [0, 0.05) is 23.2 Å². The van der Waals surface area contributed by atoms with E-state index >= 15 is 0 Å². The fourth-order valence-corrected chi connectivity index (χ4v) is 3.72. The van der Waals surface area contributed by atoms with E-state index < -0.39 is 17.9 Å². The first kappa shape index (κ1) is 21.0. The van der Waals surface area contributed by atoms with Crippen LogP contribution in [0.2, 0.25) is 0 Å². The zero-order chi connectivity index (χ0) is 22.7. The van der Waals surface area contributed by atoms with E-state index in [4.69, 9.17) is 9.72 Å². The average Bonchev–Trinajstić information content (AvgIpc) is 2.82. The second-order valence-corrected chi connectivity index (χ2v) is 7.26. The molecule has 1 atom stereocenters. The van der Waals surface area contributed by atoms with Gasteiger partial charge in [0.2, 0.25) is 5.56 Å². The molecule has 2 aromatic heterocycles. The van der Waals surface area contributed by atoms with Crippen LogP contribution in [0.4, 0.5) is 0 Å². The number of benzene rings is 2. The number of para-hydroxylation sites is 1. The van der Waals surface area contributed by atoms with Crippen molar-refractivity contribution in [3.05, 3.63) is 100.0 Å². The molecule has 0 saturated heterocycles. The summed E-state index contributed by atoms with van der Waals surface area (Å²) in [6, 6.07) is 18.6. The Kier molecular flexibility index (Phi) is 5.81. The topological polar surface area (TPSA) is 101 Å². The second-order valence-electron chi connectivity index (χ2n) is 7.26. The van der Waals surface area contributed by atoms with Gasteiger partial charge in [-0.2, -0.15) is 0 Å². The zero-order valence-corrected chi connectivity index (χ0v) is 17.6. The maximum absolute atomic E-state index is 13.5. The van der Waals surface area contributed by atoms with Crippen LogP contribution in [0, 0.1) is 6.92 Å². The quantitative estimate of drug-likeness (QED) is 0.475. The number of hydrogen-bond acceptors (Lipinski definition) is 5. The number of amides is 1. The first-order chi connectivity index (χ1) is 15.5. The van der Waals surface area contributed by atoms with Crippen molar-refractivity contribution < 1.29 is 14.3 Å². The standard InChI is InChI=1S/C25H21N3O4/c1-15-21(24(30)28-23(25(31)32-2)17-12-13-26-20(29)14-17)18-10-6-7-11-19(18)27-22(15)16-8-4-3-5-9-16/h3-14,23H,1-2H3,(H,26,29)(H,28,30). The first-order valence-electron chi connectivity index (χ1n) is 10.0. The number of nitrogens with one attached hydrogen (secondary N) is 2. The molecule has 2 aromatic carbocycles. The van der Waals surface area contributed by atoms with Crippen molar-refractivity contribution in [3.63, 3.8) is 0 Å². The Hall–Kier alpha value is -4.26. The molecule has 0 spiro atoms. The van der Waals surface area contributed by atoms with E-state index in [0.29, 0.717) is 33.3 Å². The minimum atomic E-state index is -1.14. The normalized spacial score (nSPS) is 11.7. The largest absolute Gasteiger partial charge is 0.467 e. The van der Waals surface area contributed by atoms with Gasteiger partial charge in [-0.3, -0.25) is 9.59 Å². The van der Waals surface area contributed by atoms with Crippen molar-refractivity contribution in [1.82, 2.24) is 15.3 Å². The van der Waals surface area contributed by atoms with Gasteiger partial charge in [-0.05, 0) is 30.2 Å². The predicted molar refractivity (Wildman–Crippen MR) is 121 cm³/mol. The summed E-state index contributed by atoms with van der Waals surface area (Å²) >= 11 is 0. The van der Waals surface area contributed by atoms with Gasteiger partial charge in [0.05, 0.1) is 23.9 Å². The van der Waals surface area contributed by atoms with E-state index in [1.165, 1.54) is 19.4 Å². The Morgan fingerprint density at radius 2 is 1.75 bits per heavy atom. The molecule has 0 aliphatic rings. The van der Waals surface area contributed by atoms with Crippen LogP contribution < -0.4 is 10.9 Å². The molecule has 7 nitrogen and oxygen atoms in total. The molecule has 160 valence electrons. The van der Waals surface area contributed by atoms with Crippen LogP contribution in [0.5, 0.6) is 0 Å². The Balaban J connectivity index is 1.84. The number of hydrogen-bond donors (Lipinski definition) is 2. The van der Waals surface area contributed by atoms with Crippen molar-refractivity contribution in [3.8, 4) is 11.3 Å². The highest BCUT2D eigenvalue weighted by atomic mass is 16.5. The Bertz CT molecular complexity index is 1360. The summed E-state index contributed by atoms with van der Waals surface area (Å²) in [7, 11) is 1.23. The molecule has 2 heterocycles. The van der Waals surface area contributed by atoms with E-state index in [2.05, 4.69) is 10.3 Å². The van der Waals surface area contributed by atoms with Gasteiger partial charge in [-0.15, -0.1) is 0 Å². The third-order valence-corrected chi connectivity index (χ3v) is 5.25. The number of carbonyl (C=O) groups excluding carboxylic acids is 2. The second kappa shape index (κ2) is 8.85. The highest BCUT2D eigenvalue weighted by molar-refractivity contribution is 6.09. The summed E-state index contributed by atoms with van der Waals surface area (Å²) in [6.07, 6.45) is 1.42. The molecule has 0 fully saturated rings. The van der Waals surface area contributed by atoms with Gasteiger partial charge in [0.1, 0.15) is 0 Å². The molecule has 2 N–H and O–H groups in total. The molecule has 7 heteroatoms. The lowest BCUT2D eigenvalue weighted by molar-refractivity contribution is -0.143. The summed E-state index contributed by atoms with van der Waals surface area (Å²) in [5, 5.41) is 3.41. The van der Waals surface area contributed by atoms with Crippen LogP contribution in [0.1, 0.15) is 27.5 Å². The van der Waals surface area contributed by atoms with Crippen molar-refractivity contribution in [2.75, 3.05) is 7.11 Å². The van der Waals surface area contributed by atoms with Crippen LogP contribution in [0.25, 0.3) is 22.2 Å². The van der Waals surface area contributed by atoms with Gasteiger partial charge >= 0.3 is 5.97 Å². The smallest absolute Gasteiger partial charge is 0.333 e. The number of ether oxygens (including phenoxy) is 1. The van der Waals surface area contributed by atoms with Gasteiger partial charge in [-0.25, -0.2) is 9.78 Å². The molecule has 32 heavy (non-hydrogen) atoms. The summed E-state index contributed by atoms with van der Waals surface area (Å²) in [5.74, 6) is -1.14. The number of methoxy groups -OCH3 is 1. The zero-order valence-electron chi connectivity index (χ0n) is 17.6. The van der Waals surface area contributed by atoms with Crippen molar-refractivity contribution in [1.29, 1.82) is 0 Å². The minimum Gasteiger partial charge on any atom is -0.467 e. The number of esters is 1. The summed E-state index contributed by atoms with van der Waals surface area (Å²) < 4.78 is 4.88. The van der Waals surface area contributed by atoms with Gasteiger partial charge in [0.25, 0.3) is 5.91 Å². The molecule has 4 aromatic rings. The van der Waals surface area contributed by atoms with Crippen LogP contribution in [0.3, 0.4) is 0 Å². The van der Waals surface area contributed by atoms with E-state index in [1.54, 1.807) is 6.07 Å². The highest BCUT2D eigenvalue weighted by Crippen LogP contribution is 2.30. The van der Waals surface area contributed by atoms with Crippen LogP contribution in [-0.4, -0.2) is 29.0 Å². The average molecular weight is 427 g/mol. The maximum atomic E-state index is 13.5. The predicted octanol–water partition coefficient (Wildman–Crippen LogP) is 3.54. The van der Waals surface area contributed by atoms with Crippen LogP contribution in [-0.2, 0) is 9.53 Å². The van der Waals surface area contributed by atoms with Gasteiger partial charge in [-0.1, -0.05) is 48.5 Å². The number of rotatable bonds is 5. The third-order valence-electron chi connectivity index (χ3n) is 5.25. The molecule has 1 unspecified atom stereocenters. The summed E-state index contributed by atoms with van der Waals surface area (Å²) in [4.78, 5) is 45.0. The number of aromatic nitrogens is 2. The molecule has 0 aliphatic carbocycles. The summed E-state index contributed by atoms with van der Waals surface area (Å²) in [5.41, 5.74) is 3.25. The monoisotopic (exact) mass is 427 g/mol. The number of nitrogens with zero attached hydrogens (tertiary/aromatic N) is 1. The molecule has 0 radical (unpaired) electrons. The van der Waals surface area contributed by atoms with Crippen molar-refractivity contribution >= 4 is 22.8 Å². The number of aromatic amines is 1. The molecule has 0 aliphatic heterocycles. The molecular weight excluding hydrogens is 406 g/mol. The summed E-state index contributed by atoms with van der Waals surface area (Å²) in [6.45, 7) is 1.83. The third kappa shape index (κ3) is 4.00. The van der Waals surface area contributed by atoms with Crippen molar-refractivity contribution in [2.45, 2.75) is 13.0 Å². The first-order valence-corrected chi connectivity index (χ1v) is 10.0. The Morgan fingerprint density at radius 3 is 2.47 bits per heavy atom. The number of pyridine rings is 2. The van der Waals surface area contributed by atoms with E-state index in [1.807, 2.05) is 61.5 Å². The van der Waals surface area contributed by atoms with Gasteiger partial charge in [0.15, 0.2) is 6.04 Å². The fourth-order valence-electron chi connectivity index (χ4n) is 3.72. The molecule has 0 saturated carbocycles. The molecule has 4 rings (SSSR count). The Morgan fingerprint density at radius 1 is 1.03 bits per heavy atom. The molecular formula is C25H21N3O4. The lowest BCUT2D eigenvalue weighted by atomic mass is 9.96. The number of H-pyrrole nitrogens is 1. The lowest BCUT2D eigenvalue weighted by Crippen LogP contribution is -2.35.